The molecule has 1 amide bonds. The van der Waals surface area contributed by atoms with Crippen LogP contribution in [0.1, 0.15) is 15.9 Å². The summed E-state index contributed by atoms with van der Waals surface area (Å²) in [5, 5.41) is 3.96. The van der Waals surface area contributed by atoms with Crippen molar-refractivity contribution >= 4 is 28.1 Å². The van der Waals surface area contributed by atoms with Crippen molar-refractivity contribution in [3.63, 3.8) is 0 Å². The van der Waals surface area contributed by atoms with Gasteiger partial charge in [-0.15, -0.1) is 0 Å². The van der Waals surface area contributed by atoms with Gasteiger partial charge < -0.3 is 14.2 Å². The predicted octanol–water partition coefficient (Wildman–Crippen LogP) is 3.24. The molecule has 0 unspecified atom stereocenters. The number of hydrogen-bond donors (Lipinski definition) is 1. The van der Waals surface area contributed by atoms with E-state index in [0.717, 1.165) is 5.56 Å². The number of carbonyl (C=O) groups is 1. The Labute approximate surface area is 148 Å². The van der Waals surface area contributed by atoms with E-state index in [1.54, 1.807) is 57.7 Å². The van der Waals surface area contributed by atoms with Crippen LogP contribution in [-0.2, 0) is 0 Å². The van der Waals surface area contributed by atoms with Gasteiger partial charge in [0.25, 0.3) is 5.91 Å². The summed E-state index contributed by atoms with van der Waals surface area (Å²) < 4.78 is 16.2. The van der Waals surface area contributed by atoms with Gasteiger partial charge >= 0.3 is 0 Å². The Bertz CT molecular complexity index is 762. The Balaban J connectivity index is 2.08. The molecule has 0 radical (unpaired) electrons. The van der Waals surface area contributed by atoms with Gasteiger partial charge in [0, 0.05) is 17.2 Å². The molecule has 0 saturated heterocycles. The first kappa shape index (κ1) is 17.8. The van der Waals surface area contributed by atoms with Gasteiger partial charge in [0.15, 0.2) is 0 Å². The summed E-state index contributed by atoms with van der Waals surface area (Å²) in [6.45, 7) is 0. The van der Waals surface area contributed by atoms with E-state index in [-0.39, 0.29) is 5.91 Å². The van der Waals surface area contributed by atoms with Crippen LogP contribution in [0.2, 0.25) is 0 Å². The van der Waals surface area contributed by atoms with E-state index in [0.29, 0.717) is 27.3 Å². The first-order valence-corrected chi connectivity index (χ1v) is 7.77. The van der Waals surface area contributed by atoms with Crippen molar-refractivity contribution < 1.29 is 19.0 Å². The Morgan fingerprint density at radius 2 is 1.79 bits per heavy atom. The lowest BCUT2D eigenvalue weighted by molar-refractivity contribution is 0.0955. The minimum absolute atomic E-state index is 0.331. The average Bonchev–Trinajstić information content (AvgIpc) is 2.61. The molecular formula is C17H17BrN2O4. The molecule has 2 rings (SSSR count). The molecular weight excluding hydrogens is 376 g/mol. The van der Waals surface area contributed by atoms with Gasteiger partial charge in [-0.1, -0.05) is 0 Å². The predicted molar refractivity (Wildman–Crippen MR) is 95.3 cm³/mol. The number of halogens is 1. The van der Waals surface area contributed by atoms with Crippen molar-refractivity contribution in [3.05, 3.63) is 52.0 Å². The Morgan fingerprint density at radius 3 is 2.42 bits per heavy atom. The maximum absolute atomic E-state index is 12.1. The highest BCUT2D eigenvalue weighted by Gasteiger charge is 2.08. The fourth-order valence-electron chi connectivity index (χ4n) is 1.96. The van der Waals surface area contributed by atoms with Crippen molar-refractivity contribution in [1.82, 2.24) is 5.43 Å². The van der Waals surface area contributed by atoms with Crippen LogP contribution in [0.15, 0.2) is 46.0 Å². The average molecular weight is 393 g/mol. The van der Waals surface area contributed by atoms with E-state index in [1.807, 2.05) is 0 Å². The van der Waals surface area contributed by atoms with Crippen molar-refractivity contribution in [2.24, 2.45) is 5.10 Å². The monoisotopic (exact) mass is 392 g/mol. The van der Waals surface area contributed by atoms with Gasteiger partial charge in [-0.05, 0) is 46.3 Å². The SMILES string of the molecule is COc1ccc(/C=N/NC(=O)c2ccc(OC)c(Br)c2)c(OC)c1. The zero-order valence-electron chi connectivity index (χ0n) is 13.5. The second-order valence-electron chi connectivity index (χ2n) is 4.66. The molecule has 0 aliphatic rings. The molecule has 24 heavy (non-hydrogen) atoms. The number of hydrogen-bond acceptors (Lipinski definition) is 5. The van der Waals surface area contributed by atoms with Gasteiger partial charge in [-0.3, -0.25) is 4.79 Å². The summed E-state index contributed by atoms with van der Waals surface area (Å²) in [7, 11) is 4.70. The van der Waals surface area contributed by atoms with Gasteiger partial charge in [-0.2, -0.15) is 5.10 Å². The summed E-state index contributed by atoms with van der Waals surface area (Å²) in [6, 6.07) is 10.3. The highest BCUT2D eigenvalue weighted by atomic mass is 79.9. The zero-order valence-corrected chi connectivity index (χ0v) is 15.1. The minimum atomic E-state index is -0.331. The standard InChI is InChI=1S/C17H17BrN2O4/c1-22-13-6-4-12(16(9-13)24-3)10-19-20-17(21)11-5-7-15(23-2)14(18)8-11/h4-10H,1-3H3,(H,20,21)/b19-10+. The van der Waals surface area contributed by atoms with E-state index in [2.05, 4.69) is 26.5 Å². The molecule has 6 nitrogen and oxygen atoms in total. The molecule has 0 aromatic heterocycles. The van der Waals surface area contributed by atoms with Crippen molar-refractivity contribution in [1.29, 1.82) is 0 Å². The second-order valence-corrected chi connectivity index (χ2v) is 5.51. The zero-order chi connectivity index (χ0) is 17.5. The molecule has 0 aliphatic heterocycles. The normalized spacial score (nSPS) is 10.5. The molecule has 126 valence electrons. The number of nitrogens with zero attached hydrogens (tertiary/aromatic N) is 1. The third-order valence-electron chi connectivity index (χ3n) is 3.22. The van der Waals surface area contributed by atoms with Gasteiger partial charge in [-0.25, -0.2) is 5.43 Å². The smallest absolute Gasteiger partial charge is 0.271 e. The third-order valence-corrected chi connectivity index (χ3v) is 3.84. The first-order chi connectivity index (χ1) is 11.6. The maximum atomic E-state index is 12.1. The molecule has 2 aromatic carbocycles. The van der Waals surface area contributed by atoms with Gasteiger partial charge in [0.1, 0.15) is 17.2 Å². The molecule has 0 bridgehead atoms. The van der Waals surface area contributed by atoms with Crippen molar-refractivity contribution in [2.75, 3.05) is 21.3 Å². The van der Waals surface area contributed by atoms with E-state index in [9.17, 15) is 4.79 Å². The van der Waals surface area contributed by atoms with Crippen LogP contribution in [0.3, 0.4) is 0 Å². The van der Waals surface area contributed by atoms with Gasteiger partial charge in [0.05, 0.1) is 32.0 Å². The molecule has 2 aromatic rings. The summed E-state index contributed by atoms with van der Waals surface area (Å²) in [5.74, 6) is 1.59. The lowest BCUT2D eigenvalue weighted by Gasteiger charge is -2.07. The van der Waals surface area contributed by atoms with Crippen LogP contribution in [-0.4, -0.2) is 33.5 Å². The third kappa shape index (κ3) is 4.26. The van der Waals surface area contributed by atoms with E-state index in [4.69, 9.17) is 14.2 Å². The first-order valence-electron chi connectivity index (χ1n) is 6.98. The topological polar surface area (TPSA) is 69.2 Å². The van der Waals surface area contributed by atoms with Gasteiger partial charge in [0.2, 0.25) is 0 Å². The number of rotatable bonds is 6. The largest absolute Gasteiger partial charge is 0.497 e. The second kappa shape index (κ2) is 8.35. The number of carbonyl (C=O) groups excluding carboxylic acids is 1. The number of hydrazone groups is 1. The minimum Gasteiger partial charge on any atom is -0.497 e. The fraction of sp³-hybridized carbons (Fsp3) is 0.176. The van der Waals surface area contributed by atoms with Crippen molar-refractivity contribution in [2.45, 2.75) is 0 Å². The molecule has 0 aliphatic carbocycles. The number of nitrogens with one attached hydrogen (secondary N) is 1. The summed E-state index contributed by atoms with van der Waals surface area (Å²) in [6.07, 6.45) is 1.51. The van der Waals surface area contributed by atoms with Crippen LogP contribution in [0.25, 0.3) is 0 Å². The summed E-state index contributed by atoms with van der Waals surface area (Å²) >= 11 is 3.34. The van der Waals surface area contributed by atoms with E-state index in [1.165, 1.54) is 6.21 Å². The van der Waals surface area contributed by atoms with Crippen LogP contribution in [0, 0.1) is 0 Å². The molecule has 7 heteroatoms. The Hall–Kier alpha value is -2.54. The molecule has 0 atom stereocenters. The quantitative estimate of drug-likeness (QED) is 0.605. The highest BCUT2D eigenvalue weighted by molar-refractivity contribution is 9.10. The number of ether oxygens (including phenoxy) is 3. The number of amides is 1. The van der Waals surface area contributed by atoms with E-state index < -0.39 is 0 Å². The molecule has 0 saturated carbocycles. The fourth-order valence-corrected chi connectivity index (χ4v) is 2.50. The van der Waals surface area contributed by atoms with Crippen molar-refractivity contribution in [3.8, 4) is 17.2 Å². The van der Waals surface area contributed by atoms with Crippen LogP contribution in [0.4, 0.5) is 0 Å². The Morgan fingerprint density at radius 1 is 1.04 bits per heavy atom. The van der Waals surface area contributed by atoms with Crippen LogP contribution in [0.5, 0.6) is 17.2 Å². The Kier molecular flexibility index (Phi) is 6.20. The molecule has 0 spiro atoms. The molecule has 0 heterocycles. The lowest BCUT2D eigenvalue weighted by atomic mass is 10.2. The molecule has 1 N–H and O–H groups in total. The highest BCUT2D eigenvalue weighted by Crippen LogP contribution is 2.25. The number of methoxy groups -OCH3 is 3. The van der Waals surface area contributed by atoms with Crippen LogP contribution < -0.4 is 19.6 Å². The van der Waals surface area contributed by atoms with E-state index >= 15 is 0 Å². The summed E-state index contributed by atoms with van der Waals surface area (Å²) in [4.78, 5) is 12.1. The number of benzene rings is 2. The lowest BCUT2D eigenvalue weighted by Crippen LogP contribution is -2.17. The van der Waals surface area contributed by atoms with Crippen LogP contribution >= 0.6 is 15.9 Å². The summed E-state index contributed by atoms with van der Waals surface area (Å²) in [5.41, 5.74) is 3.65. The molecule has 0 fully saturated rings. The maximum Gasteiger partial charge on any atom is 0.271 e.